The van der Waals surface area contributed by atoms with Crippen LogP contribution < -0.4 is 5.32 Å². The molecule has 0 aliphatic carbocycles. The maximum atomic E-state index is 12.2. The van der Waals surface area contributed by atoms with E-state index in [9.17, 15) is 9.59 Å². The van der Waals surface area contributed by atoms with Crippen molar-refractivity contribution in [2.75, 3.05) is 0 Å². The van der Waals surface area contributed by atoms with Crippen LogP contribution in [0, 0.1) is 0 Å². The van der Waals surface area contributed by atoms with Gasteiger partial charge in [-0.2, -0.15) is 0 Å². The van der Waals surface area contributed by atoms with Crippen LogP contribution in [0.3, 0.4) is 0 Å². The van der Waals surface area contributed by atoms with Crippen molar-refractivity contribution in [1.29, 1.82) is 0 Å². The lowest BCUT2D eigenvalue weighted by Gasteiger charge is -2.11. The van der Waals surface area contributed by atoms with E-state index in [0.29, 0.717) is 5.70 Å². The van der Waals surface area contributed by atoms with Crippen molar-refractivity contribution in [2.24, 2.45) is 0 Å². The van der Waals surface area contributed by atoms with Gasteiger partial charge in [-0.25, -0.2) is 4.79 Å². The number of hydrogen-bond acceptors (Lipinski definition) is 3. The van der Waals surface area contributed by atoms with Gasteiger partial charge in [0.15, 0.2) is 0 Å². The van der Waals surface area contributed by atoms with Crippen LogP contribution >= 0.6 is 11.3 Å². The fraction of sp³-hybridized carbons (Fsp3) is 0.0667. The summed E-state index contributed by atoms with van der Waals surface area (Å²) >= 11 is 1.52. The molecule has 3 rings (SSSR count). The third-order valence-electron chi connectivity index (χ3n) is 2.98. The second kappa shape index (κ2) is 5.30. The van der Waals surface area contributed by atoms with Crippen LogP contribution in [-0.4, -0.2) is 16.8 Å². The van der Waals surface area contributed by atoms with Gasteiger partial charge in [0.05, 0.1) is 6.54 Å². The van der Waals surface area contributed by atoms with Gasteiger partial charge in [0.25, 0.3) is 5.91 Å². The highest BCUT2D eigenvalue weighted by molar-refractivity contribution is 7.10. The van der Waals surface area contributed by atoms with Crippen LogP contribution in [0.5, 0.6) is 0 Å². The first-order chi connectivity index (χ1) is 9.74. The number of urea groups is 1. The van der Waals surface area contributed by atoms with Gasteiger partial charge >= 0.3 is 6.03 Å². The number of carbonyl (C=O) groups is 2. The molecule has 1 aromatic heterocycles. The molecule has 1 aromatic carbocycles. The summed E-state index contributed by atoms with van der Waals surface area (Å²) in [6, 6.07) is 12.9. The zero-order chi connectivity index (χ0) is 13.9. The molecular formula is C15H12N2O2S. The molecular weight excluding hydrogens is 272 g/mol. The third-order valence-corrected chi connectivity index (χ3v) is 3.79. The molecule has 0 bridgehead atoms. The predicted molar refractivity (Wildman–Crippen MR) is 77.8 cm³/mol. The third kappa shape index (κ3) is 2.48. The van der Waals surface area contributed by atoms with Crippen molar-refractivity contribution in [1.82, 2.24) is 10.2 Å². The summed E-state index contributed by atoms with van der Waals surface area (Å²) in [5.41, 5.74) is 1.25. The van der Waals surface area contributed by atoms with Gasteiger partial charge in [-0.1, -0.05) is 36.4 Å². The predicted octanol–water partition coefficient (Wildman–Crippen LogP) is 2.84. The summed E-state index contributed by atoms with van der Waals surface area (Å²) in [6.07, 6.45) is 1.70. The maximum absolute atomic E-state index is 12.2. The number of carbonyl (C=O) groups excluding carboxylic acids is 2. The van der Waals surface area contributed by atoms with Crippen LogP contribution in [0.2, 0.25) is 0 Å². The van der Waals surface area contributed by atoms with Crippen molar-refractivity contribution < 1.29 is 9.59 Å². The normalized spacial score (nSPS) is 16.8. The van der Waals surface area contributed by atoms with Crippen molar-refractivity contribution in [2.45, 2.75) is 6.54 Å². The SMILES string of the molecule is O=C1N/C(=C/c2cccs2)C(=O)N1Cc1ccccc1. The van der Waals surface area contributed by atoms with Gasteiger partial charge in [-0.15, -0.1) is 11.3 Å². The van der Waals surface area contributed by atoms with E-state index in [1.165, 1.54) is 16.2 Å². The Labute approximate surface area is 120 Å². The highest BCUT2D eigenvalue weighted by atomic mass is 32.1. The Morgan fingerprint density at radius 2 is 1.90 bits per heavy atom. The number of thiophene rings is 1. The molecule has 1 fully saturated rings. The van der Waals surface area contributed by atoms with Crippen molar-refractivity contribution >= 4 is 29.4 Å². The maximum Gasteiger partial charge on any atom is 0.329 e. The quantitative estimate of drug-likeness (QED) is 0.696. The van der Waals surface area contributed by atoms with Crippen molar-refractivity contribution in [3.8, 4) is 0 Å². The molecule has 100 valence electrons. The van der Waals surface area contributed by atoms with E-state index < -0.39 is 0 Å². The number of hydrogen-bond donors (Lipinski definition) is 1. The molecule has 20 heavy (non-hydrogen) atoms. The second-order valence-corrected chi connectivity index (χ2v) is 5.36. The summed E-state index contributed by atoms with van der Waals surface area (Å²) in [4.78, 5) is 26.3. The Bertz CT molecular complexity index is 662. The molecule has 1 saturated heterocycles. The lowest BCUT2D eigenvalue weighted by Crippen LogP contribution is -2.30. The minimum Gasteiger partial charge on any atom is -0.303 e. The summed E-state index contributed by atoms with van der Waals surface area (Å²) in [7, 11) is 0. The van der Waals surface area contributed by atoms with E-state index in [4.69, 9.17) is 0 Å². The van der Waals surface area contributed by atoms with Crippen molar-refractivity contribution in [3.63, 3.8) is 0 Å². The van der Waals surface area contributed by atoms with Gasteiger partial charge in [0, 0.05) is 4.88 Å². The van der Waals surface area contributed by atoms with Gasteiger partial charge < -0.3 is 5.32 Å². The molecule has 1 aliphatic rings. The Morgan fingerprint density at radius 1 is 1.10 bits per heavy atom. The Balaban J connectivity index is 1.81. The minimum atomic E-state index is -0.373. The Morgan fingerprint density at radius 3 is 2.60 bits per heavy atom. The molecule has 1 N–H and O–H groups in total. The van der Waals surface area contributed by atoms with Crippen LogP contribution in [0.25, 0.3) is 6.08 Å². The first kappa shape index (κ1) is 12.6. The molecule has 0 radical (unpaired) electrons. The summed E-state index contributed by atoms with van der Waals surface area (Å²) in [6.45, 7) is 0.285. The number of benzene rings is 1. The zero-order valence-electron chi connectivity index (χ0n) is 10.6. The number of amides is 3. The minimum absolute atomic E-state index is 0.285. The second-order valence-electron chi connectivity index (χ2n) is 4.38. The topological polar surface area (TPSA) is 49.4 Å². The van der Waals surface area contributed by atoms with E-state index in [2.05, 4.69) is 5.32 Å². The van der Waals surface area contributed by atoms with E-state index in [1.54, 1.807) is 6.08 Å². The van der Waals surface area contributed by atoms with E-state index >= 15 is 0 Å². The first-order valence-corrected chi connectivity index (χ1v) is 7.04. The summed E-state index contributed by atoms with van der Waals surface area (Å²) < 4.78 is 0. The smallest absolute Gasteiger partial charge is 0.303 e. The summed E-state index contributed by atoms with van der Waals surface area (Å²) in [5.74, 6) is -0.285. The number of nitrogens with one attached hydrogen (secondary N) is 1. The van der Waals surface area contributed by atoms with Gasteiger partial charge in [0.1, 0.15) is 5.70 Å². The largest absolute Gasteiger partial charge is 0.329 e. The van der Waals surface area contributed by atoms with Crippen LogP contribution in [-0.2, 0) is 11.3 Å². The Hall–Kier alpha value is -2.40. The van der Waals surface area contributed by atoms with Gasteiger partial charge in [-0.3, -0.25) is 9.69 Å². The molecule has 2 heterocycles. The fourth-order valence-corrected chi connectivity index (χ4v) is 2.65. The van der Waals surface area contributed by atoms with E-state index in [-0.39, 0.29) is 18.5 Å². The molecule has 0 saturated carbocycles. The zero-order valence-corrected chi connectivity index (χ0v) is 11.4. The fourth-order valence-electron chi connectivity index (χ4n) is 2.00. The van der Waals surface area contributed by atoms with Crippen LogP contribution in [0.15, 0.2) is 53.5 Å². The number of imide groups is 1. The monoisotopic (exact) mass is 284 g/mol. The number of nitrogens with zero attached hydrogens (tertiary/aromatic N) is 1. The highest BCUT2D eigenvalue weighted by Gasteiger charge is 2.33. The standard InChI is InChI=1S/C15H12N2O2S/c18-14-13(9-12-7-4-8-20-12)16-15(19)17(14)10-11-5-2-1-3-6-11/h1-9H,10H2,(H,16,19)/b13-9+. The molecule has 0 unspecified atom stereocenters. The molecule has 4 nitrogen and oxygen atoms in total. The Kier molecular flexibility index (Phi) is 3.35. The van der Waals surface area contributed by atoms with Gasteiger partial charge in [-0.05, 0) is 23.1 Å². The average molecular weight is 284 g/mol. The average Bonchev–Trinajstić information content (AvgIpc) is 3.05. The molecule has 2 aromatic rings. The highest BCUT2D eigenvalue weighted by Crippen LogP contribution is 2.18. The molecule has 3 amide bonds. The molecule has 0 atom stereocenters. The van der Waals surface area contributed by atoms with E-state index in [0.717, 1.165) is 10.4 Å². The van der Waals surface area contributed by atoms with E-state index in [1.807, 2.05) is 47.8 Å². The lowest BCUT2D eigenvalue weighted by atomic mass is 10.2. The number of rotatable bonds is 3. The van der Waals surface area contributed by atoms with Gasteiger partial charge in [0.2, 0.25) is 0 Å². The lowest BCUT2D eigenvalue weighted by molar-refractivity contribution is -0.123. The molecule has 1 aliphatic heterocycles. The van der Waals surface area contributed by atoms with Crippen LogP contribution in [0.4, 0.5) is 4.79 Å². The molecule has 0 spiro atoms. The molecule has 5 heteroatoms. The van der Waals surface area contributed by atoms with Crippen molar-refractivity contribution in [3.05, 3.63) is 64.0 Å². The first-order valence-electron chi connectivity index (χ1n) is 6.16. The summed E-state index contributed by atoms with van der Waals surface area (Å²) in [5, 5.41) is 4.54. The van der Waals surface area contributed by atoms with Crippen LogP contribution in [0.1, 0.15) is 10.4 Å².